The molecular weight excluding hydrogens is 554 g/mol. The summed E-state index contributed by atoms with van der Waals surface area (Å²) in [6, 6.07) is 2.30. The fourth-order valence-corrected chi connectivity index (χ4v) is 9.32. The monoisotopic (exact) mass is 597 g/mol. The van der Waals surface area contributed by atoms with E-state index >= 15 is 0 Å². The van der Waals surface area contributed by atoms with Crippen molar-refractivity contribution in [2.45, 2.75) is 88.9 Å². The first-order valence-electron chi connectivity index (χ1n) is 15.6. The number of nitrogens with one attached hydrogen (secondary N) is 2. The first kappa shape index (κ1) is 29.2. The highest BCUT2D eigenvalue weighted by Crippen LogP contribution is 2.54. The zero-order chi connectivity index (χ0) is 29.2. The topological polar surface area (TPSA) is 146 Å². The standard InChI is InChI=1S/C31H43N5O5S/c32-29(35-40)25-9-8-23(42-25)16-34-30(38)24-7-4-10-36(24)31(39)27(20-5-2-1-3-6-20)33-17-26(37)41-28-21-12-18-11-19(14-21)15-22(28)13-18/h4,7-9,18-22,24,27-28,33,40H,1-3,5-6,10-17H2,(H2,32,35)(H,34,38)/t18?,19?,21?,22?,24?,27-,28?/m0/s1. The molecule has 5 fully saturated rings. The van der Waals surface area contributed by atoms with Crippen LogP contribution in [0.25, 0.3) is 0 Å². The molecule has 2 atom stereocenters. The maximum absolute atomic E-state index is 14.0. The van der Waals surface area contributed by atoms with E-state index in [2.05, 4.69) is 15.8 Å². The zero-order valence-electron chi connectivity index (χ0n) is 24.1. The first-order chi connectivity index (χ1) is 20.4. The number of amides is 2. The highest BCUT2D eigenvalue weighted by atomic mass is 32.1. The maximum atomic E-state index is 14.0. The van der Waals surface area contributed by atoms with Crippen LogP contribution >= 0.6 is 11.3 Å². The smallest absolute Gasteiger partial charge is 0.320 e. The lowest BCUT2D eigenvalue weighted by Crippen LogP contribution is -2.56. The quantitative estimate of drug-likeness (QED) is 0.0809. The van der Waals surface area contributed by atoms with Crippen molar-refractivity contribution >= 4 is 35.0 Å². The summed E-state index contributed by atoms with van der Waals surface area (Å²) in [4.78, 5) is 43.4. The number of amidine groups is 1. The lowest BCUT2D eigenvalue weighted by molar-refractivity contribution is -0.170. The number of carbonyl (C=O) groups excluding carboxylic acids is 3. The Morgan fingerprint density at radius 2 is 1.79 bits per heavy atom. The third-order valence-corrected chi connectivity index (χ3v) is 11.3. The number of nitrogens with zero attached hydrogens (tertiary/aromatic N) is 2. The normalized spacial score (nSPS) is 31.3. The predicted molar refractivity (Wildman–Crippen MR) is 159 cm³/mol. The molecule has 1 aliphatic heterocycles. The molecule has 1 aromatic heterocycles. The third kappa shape index (κ3) is 6.22. The average Bonchev–Trinajstić information content (AvgIpc) is 3.68. The molecule has 1 aromatic rings. The Balaban J connectivity index is 1.06. The molecule has 2 amide bonds. The first-order valence-corrected chi connectivity index (χ1v) is 16.5. The van der Waals surface area contributed by atoms with Gasteiger partial charge in [-0.2, -0.15) is 0 Å². The Morgan fingerprint density at radius 3 is 2.48 bits per heavy atom. The van der Waals surface area contributed by atoms with Crippen LogP contribution in [-0.2, 0) is 25.7 Å². The van der Waals surface area contributed by atoms with Crippen molar-refractivity contribution in [3.63, 3.8) is 0 Å². The van der Waals surface area contributed by atoms with Gasteiger partial charge in [0.05, 0.1) is 24.0 Å². The van der Waals surface area contributed by atoms with E-state index in [0.717, 1.165) is 48.8 Å². The summed E-state index contributed by atoms with van der Waals surface area (Å²) in [6.45, 7) is 0.636. The van der Waals surface area contributed by atoms with Crippen LogP contribution in [0.1, 0.15) is 74.0 Å². The van der Waals surface area contributed by atoms with Gasteiger partial charge >= 0.3 is 5.97 Å². The Kier molecular flexibility index (Phi) is 8.85. The van der Waals surface area contributed by atoms with Crippen LogP contribution < -0.4 is 16.4 Å². The minimum absolute atomic E-state index is 0.00875. The Bertz CT molecular complexity index is 1200. The number of hydrogen-bond acceptors (Lipinski definition) is 8. The fraction of sp³-hybridized carbons (Fsp3) is 0.677. The molecule has 228 valence electrons. The molecular formula is C31H43N5O5S. The molecule has 0 spiro atoms. The van der Waals surface area contributed by atoms with Crippen molar-refractivity contribution in [1.29, 1.82) is 0 Å². The van der Waals surface area contributed by atoms with E-state index in [0.29, 0.717) is 23.3 Å². The summed E-state index contributed by atoms with van der Waals surface area (Å²) in [5.74, 6) is 2.10. The molecule has 0 aromatic carbocycles. The molecule has 10 nitrogen and oxygen atoms in total. The summed E-state index contributed by atoms with van der Waals surface area (Å²) in [6.07, 6.45) is 14.9. The molecule has 2 heterocycles. The van der Waals surface area contributed by atoms with Crippen LogP contribution in [0.3, 0.4) is 0 Å². The van der Waals surface area contributed by atoms with Crippen LogP contribution in [0.2, 0.25) is 0 Å². The average molecular weight is 598 g/mol. The van der Waals surface area contributed by atoms with Gasteiger partial charge in [0.25, 0.3) is 0 Å². The van der Waals surface area contributed by atoms with Gasteiger partial charge in [-0.3, -0.25) is 19.7 Å². The highest BCUT2D eigenvalue weighted by molar-refractivity contribution is 7.14. The van der Waals surface area contributed by atoms with Crippen molar-refractivity contribution < 1.29 is 24.3 Å². The second-order valence-corrected chi connectivity index (χ2v) is 14.1. The molecule has 5 saturated carbocycles. The number of ether oxygens (including phenoxy) is 1. The minimum atomic E-state index is -0.714. The SMILES string of the molecule is N/C(=N\O)c1ccc(CNC(=O)C2C=CCN2C(=O)[C@@H](NCC(=O)OC2C3CC4CC(C3)CC2C4)C2CCCCC2)s1. The van der Waals surface area contributed by atoms with Crippen LogP contribution in [0.15, 0.2) is 29.4 Å². The number of carbonyl (C=O) groups is 3. The van der Waals surface area contributed by atoms with Gasteiger partial charge in [0.2, 0.25) is 11.8 Å². The van der Waals surface area contributed by atoms with Crippen LogP contribution in [0.5, 0.6) is 0 Å². The summed E-state index contributed by atoms with van der Waals surface area (Å²) in [7, 11) is 0. The lowest BCUT2D eigenvalue weighted by Gasteiger charge is -2.53. The van der Waals surface area contributed by atoms with E-state index in [1.165, 1.54) is 43.4 Å². The van der Waals surface area contributed by atoms with Gasteiger partial charge in [-0.05, 0) is 86.7 Å². The number of rotatable bonds is 10. The van der Waals surface area contributed by atoms with Gasteiger partial charge in [0, 0.05) is 11.4 Å². The minimum Gasteiger partial charge on any atom is -0.461 e. The molecule has 5 N–H and O–H groups in total. The molecule has 5 aliphatic carbocycles. The largest absolute Gasteiger partial charge is 0.461 e. The third-order valence-electron chi connectivity index (χ3n) is 10.2. The molecule has 7 rings (SSSR count). The van der Waals surface area contributed by atoms with Crippen LogP contribution in [0, 0.1) is 29.6 Å². The van der Waals surface area contributed by atoms with Crippen molar-refractivity contribution in [3.05, 3.63) is 34.0 Å². The van der Waals surface area contributed by atoms with Crippen LogP contribution in [-0.4, -0.2) is 65.0 Å². The number of esters is 1. The Hall–Kier alpha value is -2.92. The molecule has 0 radical (unpaired) electrons. The van der Waals surface area contributed by atoms with Crippen molar-refractivity contribution in [3.8, 4) is 0 Å². The van der Waals surface area contributed by atoms with Gasteiger partial charge in [-0.1, -0.05) is 36.6 Å². The summed E-state index contributed by atoms with van der Waals surface area (Å²) in [5.41, 5.74) is 5.66. The molecule has 0 saturated heterocycles. The van der Waals surface area contributed by atoms with E-state index in [-0.39, 0.29) is 48.7 Å². The van der Waals surface area contributed by atoms with Gasteiger partial charge in [-0.25, -0.2) is 0 Å². The second kappa shape index (κ2) is 12.8. The number of oxime groups is 1. The van der Waals surface area contributed by atoms with Gasteiger partial charge in [0.15, 0.2) is 5.84 Å². The van der Waals surface area contributed by atoms with E-state index < -0.39 is 12.1 Å². The van der Waals surface area contributed by atoms with Crippen molar-refractivity contribution in [2.75, 3.05) is 13.1 Å². The maximum Gasteiger partial charge on any atom is 0.320 e. The Morgan fingerprint density at radius 1 is 1.07 bits per heavy atom. The molecule has 42 heavy (non-hydrogen) atoms. The van der Waals surface area contributed by atoms with Gasteiger partial charge in [0.1, 0.15) is 12.1 Å². The summed E-state index contributed by atoms with van der Waals surface area (Å²) < 4.78 is 6.10. The molecule has 6 aliphatic rings. The van der Waals surface area contributed by atoms with E-state index in [1.54, 1.807) is 17.0 Å². The summed E-state index contributed by atoms with van der Waals surface area (Å²) >= 11 is 1.33. The molecule has 11 heteroatoms. The number of thiophene rings is 1. The van der Waals surface area contributed by atoms with E-state index in [9.17, 15) is 14.4 Å². The van der Waals surface area contributed by atoms with Crippen molar-refractivity contribution in [1.82, 2.24) is 15.5 Å². The van der Waals surface area contributed by atoms with E-state index in [1.807, 2.05) is 12.1 Å². The Labute approximate surface area is 251 Å². The zero-order valence-corrected chi connectivity index (χ0v) is 24.9. The number of hydrogen-bond donors (Lipinski definition) is 4. The van der Waals surface area contributed by atoms with Crippen LogP contribution in [0.4, 0.5) is 0 Å². The molecule has 1 unspecified atom stereocenters. The van der Waals surface area contributed by atoms with E-state index in [4.69, 9.17) is 15.7 Å². The number of nitrogens with two attached hydrogens (primary N) is 1. The van der Waals surface area contributed by atoms with Gasteiger partial charge < -0.3 is 25.9 Å². The second-order valence-electron chi connectivity index (χ2n) is 13.0. The van der Waals surface area contributed by atoms with Gasteiger partial charge in [-0.15, -0.1) is 11.3 Å². The molecule has 4 bridgehead atoms. The highest BCUT2D eigenvalue weighted by Gasteiger charge is 2.50. The summed E-state index contributed by atoms with van der Waals surface area (Å²) in [5, 5.41) is 18.1. The van der Waals surface area contributed by atoms with Crippen molar-refractivity contribution in [2.24, 2.45) is 40.5 Å². The lowest BCUT2D eigenvalue weighted by atomic mass is 9.55. The predicted octanol–water partition coefficient (Wildman–Crippen LogP) is 3.13. The fourth-order valence-electron chi connectivity index (χ4n) is 8.47.